The smallest absolute Gasteiger partial charge is 0.217 e. The number of hydrogen-bond acceptors (Lipinski definition) is 2. The van der Waals surface area contributed by atoms with Crippen molar-refractivity contribution in [1.29, 1.82) is 0 Å². The molecule has 0 spiro atoms. The van der Waals surface area contributed by atoms with Gasteiger partial charge in [0.15, 0.2) is 0 Å². The number of unbranched alkanes of at least 4 members (excludes halogenated alkanes) is 10. The van der Waals surface area contributed by atoms with Crippen molar-refractivity contribution in [1.82, 2.24) is 0 Å². The van der Waals surface area contributed by atoms with E-state index in [1.807, 2.05) is 0 Å². The predicted octanol–water partition coefficient (Wildman–Crippen LogP) is 6.45. The minimum atomic E-state index is -0.175. The minimum Gasteiger partial charge on any atom is -0.396 e. The number of carbonyl (C=O) groups is 1. The van der Waals surface area contributed by atoms with Gasteiger partial charge in [0, 0.05) is 13.0 Å². The number of carbonyl (C=O) groups excluding carboxylic acids is 1. The Morgan fingerprint density at radius 2 is 1.33 bits per heavy atom. The minimum absolute atomic E-state index is 0.175. The van der Waals surface area contributed by atoms with Crippen molar-refractivity contribution in [3.63, 3.8) is 0 Å². The third kappa shape index (κ3) is 21.1. The molecule has 3 heteroatoms. The highest BCUT2D eigenvalue weighted by Crippen LogP contribution is 2.16. The van der Waals surface area contributed by atoms with Gasteiger partial charge in [0.05, 0.1) is 0 Å². The molecular formula is C24H45NO2. The topological polar surface area (TPSA) is 63.3 Å². The lowest BCUT2D eigenvalue weighted by atomic mass is 9.96. The van der Waals surface area contributed by atoms with Gasteiger partial charge in [-0.1, -0.05) is 82.6 Å². The van der Waals surface area contributed by atoms with E-state index >= 15 is 0 Å². The first-order valence-electron chi connectivity index (χ1n) is 11.4. The lowest BCUT2D eigenvalue weighted by Gasteiger charge is -2.12. The zero-order valence-corrected chi connectivity index (χ0v) is 17.8. The summed E-state index contributed by atoms with van der Waals surface area (Å²) in [5, 5.41) is 9.36. The first kappa shape index (κ1) is 25.9. The lowest BCUT2D eigenvalue weighted by molar-refractivity contribution is -0.118. The van der Waals surface area contributed by atoms with Gasteiger partial charge in [0.1, 0.15) is 0 Å². The molecule has 0 heterocycles. The van der Waals surface area contributed by atoms with Crippen LogP contribution in [0.2, 0.25) is 0 Å². The summed E-state index contributed by atoms with van der Waals surface area (Å²) in [5.41, 5.74) is 5.12. The Bertz CT molecular complexity index is 377. The highest BCUT2D eigenvalue weighted by Gasteiger charge is 2.05. The molecule has 0 aromatic carbocycles. The Kier molecular flexibility index (Phi) is 20.4. The van der Waals surface area contributed by atoms with Crippen LogP contribution in [-0.4, -0.2) is 17.6 Å². The molecule has 0 radical (unpaired) electrons. The van der Waals surface area contributed by atoms with Crippen LogP contribution in [0, 0.1) is 5.92 Å². The first-order valence-corrected chi connectivity index (χ1v) is 11.4. The van der Waals surface area contributed by atoms with Gasteiger partial charge >= 0.3 is 0 Å². The number of amides is 1. The van der Waals surface area contributed by atoms with Crippen molar-refractivity contribution in [2.75, 3.05) is 6.61 Å². The average Bonchev–Trinajstić information content (AvgIpc) is 2.66. The molecule has 27 heavy (non-hydrogen) atoms. The fourth-order valence-electron chi connectivity index (χ4n) is 3.31. The number of allylic oxidation sites excluding steroid dienone is 4. The summed E-state index contributed by atoms with van der Waals surface area (Å²) in [7, 11) is 0. The normalized spacial score (nSPS) is 13.0. The highest BCUT2D eigenvalue weighted by atomic mass is 16.3. The van der Waals surface area contributed by atoms with Crippen LogP contribution >= 0.6 is 0 Å². The van der Waals surface area contributed by atoms with Gasteiger partial charge in [0.2, 0.25) is 5.91 Å². The maximum atomic E-state index is 10.6. The van der Waals surface area contributed by atoms with Crippen LogP contribution in [0.15, 0.2) is 24.3 Å². The fraction of sp³-hybridized carbons (Fsp3) is 0.792. The molecule has 0 aliphatic rings. The van der Waals surface area contributed by atoms with Crippen molar-refractivity contribution >= 4 is 5.91 Å². The maximum Gasteiger partial charge on any atom is 0.217 e. The van der Waals surface area contributed by atoms with Crippen LogP contribution in [0.5, 0.6) is 0 Å². The quantitative estimate of drug-likeness (QED) is 0.188. The molecule has 0 saturated carbocycles. The molecule has 158 valence electrons. The second-order valence-electron chi connectivity index (χ2n) is 7.81. The predicted molar refractivity (Wildman–Crippen MR) is 118 cm³/mol. The summed E-state index contributed by atoms with van der Waals surface area (Å²) in [6.45, 7) is 2.58. The largest absolute Gasteiger partial charge is 0.396 e. The van der Waals surface area contributed by atoms with Gasteiger partial charge in [-0.2, -0.15) is 0 Å². The molecule has 0 aliphatic heterocycles. The summed E-state index contributed by atoms with van der Waals surface area (Å²) < 4.78 is 0. The second-order valence-corrected chi connectivity index (χ2v) is 7.81. The average molecular weight is 380 g/mol. The van der Waals surface area contributed by atoms with E-state index < -0.39 is 0 Å². The van der Waals surface area contributed by atoms with E-state index in [2.05, 4.69) is 31.2 Å². The number of aliphatic hydroxyl groups excluding tert-OH is 1. The SMILES string of the molecule is CCCCC(CO)CCCCCC=CC=CCCCCCCCCC(N)=O. The lowest BCUT2D eigenvalue weighted by Crippen LogP contribution is -2.09. The molecule has 0 aromatic heterocycles. The fourth-order valence-corrected chi connectivity index (χ4v) is 3.31. The molecule has 0 aromatic rings. The van der Waals surface area contributed by atoms with Gasteiger partial charge < -0.3 is 10.8 Å². The van der Waals surface area contributed by atoms with Crippen LogP contribution in [0.4, 0.5) is 0 Å². The highest BCUT2D eigenvalue weighted by molar-refractivity contribution is 5.73. The summed E-state index contributed by atoms with van der Waals surface area (Å²) in [4.78, 5) is 10.6. The van der Waals surface area contributed by atoms with Crippen molar-refractivity contribution < 1.29 is 9.90 Å². The molecule has 1 atom stereocenters. The summed E-state index contributed by atoms with van der Waals surface area (Å²) in [6, 6.07) is 0. The van der Waals surface area contributed by atoms with Gasteiger partial charge in [-0.15, -0.1) is 0 Å². The van der Waals surface area contributed by atoms with Crippen molar-refractivity contribution in [2.45, 2.75) is 110 Å². The third-order valence-corrected chi connectivity index (χ3v) is 5.13. The monoisotopic (exact) mass is 379 g/mol. The second kappa shape index (κ2) is 21.2. The molecule has 0 saturated heterocycles. The van der Waals surface area contributed by atoms with E-state index in [1.54, 1.807) is 0 Å². The molecule has 0 fully saturated rings. The zero-order valence-electron chi connectivity index (χ0n) is 17.8. The number of nitrogens with two attached hydrogens (primary N) is 1. The van der Waals surface area contributed by atoms with Crippen LogP contribution < -0.4 is 5.73 Å². The summed E-state index contributed by atoms with van der Waals surface area (Å²) in [5.74, 6) is 0.351. The van der Waals surface area contributed by atoms with E-state index in [-0.39, 0.29) is 5.91 Å². The molecule has 3 nitrogen and oxygen atoms in total. The molecule has 1 amide bonds. The number of rotatable bonds is 20. The van der Waals surface area contributed by atoms with Crippen LogP contribution in [0.1, 0.15) is 110 Å². The zero-order chi connectivity index (χ0) is 20.0. The Balaban J connectivity index is 3.35. The summed E-state index contributed by atoms with van der Waals surface area (Å²) >= 11 is 0. The van der Waals surface area contributed by atoms with Crippen LogP contribution in [-0.2, 0) is 4.79 Å². The number of primary amides is 1. The van der Waals surface area contributed by atoms with E-state index in [0.29, 0.717) is 18.9 Å². The van der Waals surface area contributed by atoms with Crippen molar-refractivity contribution in [3.8, 4) is 0 Å². The third-order valence-electron chi connectivity index (χ3n) is 5.13. The molecule has 3 N–H and O–H groups in total. The van der Waals surface area contributed by atoms with Crippen molar-refractivity contribution in [2.24, 2.45) is 11.7 Å². The van der Waals surface area contributed by atoms with E-state index in [4.69, 9.17) is 5.73 Å². The van der Waals surface area contributed by atoms with E-state index in [9.17, 15) is 9.90 Å². The Hall–Kier alpha value is -1.09. The molecular weight excluding hydrogens is 334 g/mol. The van der Waals surface area contributed by atoms with Crippen LogP contribution in [0.3, 0.4) is 0 Å². The Morgan fingerprint density at radius 1 is 0.815 bits per heavy atom. The van der Waals surface area contributed by atoms with E-state index in [1.165, 1.54) is 70.6 Å². The molecule has 0 rings (SSSR count). The van der Waals surface area contributed by atoms with Crippen LogP contribution in [0.25, 0.3) is 0 Å². The number of aliphatic hydroxyl groups is 1. The van der Waals surface area contributed by atoms with E-state index in [0.717, 1.165) is 25.7 Å². The molecule has 0 bridgehead atoms. The van der Waals surface area contributed by atoms with Gasteiger partial charge in [-0.3, -0.25) is 4.79 Å². The molecule has 1 unspecified atom stereocenters. The Morgan fingerprint density at radius 3 is 1.89 bits per heavy atom. The van der Waals surface area contributed by atoms with Gasteiger partial charge in [0.25, 0.3) is 0 Å². The first-order chi connectivity index (χ1) is 13.2. The van der Waals surface area contributed by atoms with Gasteiger partial charge in [-0.25, -0.2) is 0 Å². The van der Waals surface area contributed by atoms with Gasteiger partial charge in [-0.05, 0) is 50.9 Å². The Labute approximate surface area is 168 Å². The summed E-state index contributed by atoms with van der Waals surface area (Å²) in [6.07, 6.45) is 27.5. The number of hydrogen-bond donors (Lipinski definition) is 2. The maximum absolute atomic E-state index is 10.6. The standard InChI is InChI=1S/C24H45NO2/c1-2-3-19-23(22-26)20-17-15-13-11-9-7-5-4-6-8-10-12-14-16-18-21-24(25)27/h4-5,7,9,23,26H,2-3,6,8,10-22H2,1H3,(H2,25,27). The van der Waals surface area contributed by atoms with Crippen molar-refractivity contribution in [3.05, 3.63) is 24.3 Å². The molecule has 0 aliphatic carbocycles.